The van der Waals surface area contributed by atoms with Crippen molar-refractivity contribution in [2.45, 2.75) is 207 Å². The number of hydrogen-bond donors (Lipinski definition) is 0. The average Bonchev–Trinajstić information content (AvgIpc) is 3.41. The van der Waals surface area contributed by atoms with E-state index in [-0.39, 0.29) is 0 Å². The van der Waals surface area contributed by atoms with Crippen molar-refractivity contribution in [1.82, 2.24) is 4.57 Å². The van der Waals surface area contributed by atoms with E-state index in [0.717, 1.165) is 6.54 Å². The molecule has 2 heteroatoms. The fourth-order valence-electron chi connectivity index (χ4n) is 6.71. The van der Waals surface area contributed by atoms with Gasteiger partial charge in [0.15, 0.2) is 0 Å². The predicted molar refractivity (Wildman–Crippen MR) is 190 cm³/mol. The topological polar surface area (TPSA) is 8.81 Å². The van der Waals surface area contributed by atoms with Gasteiger partial charge in [0.1, 0.15) is 12.4 Å². The van der Waals surface area contributed by atoms with Crippen molar-refractivity contribution < 1.29 is 4.57 Å². The van der Waals surface area contributed by atoms with Gasteiger partial charge in [-0.15, -0.1) is 0 Å². The fourth-order valence-corrected chi connectivity index (χ4v) is 6.71. The first-order valence-electron chi connectivity index (χ1n) is 19.5. The molecule has 43 heavy (non-hydrogen) atoms. The van der Waals surface area contributed by atoms with Gasteiger partial charge >= 0.3 is 0 Å². The van der Waals surface area contributed by atoms with Crippen LogP contribution in [0.25, 0.3) is 0 Å². The van der Waals surface area contributed by atoms with Gasteiger partial charge in [-0.3, -0.25) is 0 Å². The monoisotopic (exact) mass is 594 g/mol. The number of rotatable bonds is 31. The molecule has 1 aromatic heterocycles. The number of aryl methyl sites for hydroxylation is 3. The Morgan fingerprint density at radius 3 is 1.40 bits per heavy atom. The van der Waals surface area contributed by atoms with E-state index in [0.29, 0.717) is 0 Å². The van der Waals surface area contributed by atoms with Crippen molar-refractivity contribution in [3.8, 4) is 0 Å². The van der Waals surface area contributed by atoms with Crippen LogP contribution in [0.5, 0.6) is 0 Å². The molecule has 0 N–H and O–H groups in total. The van der Waals surface area contributed by atoms with Crippen molar-refractivity contribution in [2.24, 2.45) is 0 Å². The summed E-state index contributed by atoms with van der Waals surface area (Å²) in [5.74, 6) is 1.58. The molecule has 0 saturated heterocycles. The van der Waals surface area contributed by atoms with Crippen LogP contribution in [-0.4, -0.2) is 4.57 Å². The Balaban J connectivity index is 1.63. The van der Waals surface area contributed by atoms with Crippen molar-refractivity contribution in [1.29, 1.82) is 0 Å². The second-order valence-electron chi connectivity index (χ2n) is 13.6. The largest absolute Gasteiger partial charge is 0.256 e. The Morgan fingerprint density at radius 2 is 0.907 bits per heavy atom. The molecule has 246 valence electrons. The summed E-state index contributed by atoms with van der Waals surface area (Å²) in [6.45, 7) is 6.97. The van der Waals surface area contributed by atoms with Gasteiger partial charge in [-0.1, -0.05) is 185 Å². The fraction of sp³-hybridized carbons (Fsp3) is 0.780. The first-order chi connectivity index (χ1) is 21.3. The van der Waals surface area contributed by atoms with Gasteiger partial charge in [0.05, 0.1) is 13.1 Å². The minimum atomic E-state index is 1.15. The average molecular weight is 594 g/mol. The highest BCUT2D eigenvalue weighted by atomic mass is 15.1. The molecule has 0 radical (unpaired) electrons. The van der Waals surface area contributed by atoms with Crippen LogP contribution >= 0.6 is 0 Å². The molecule has 2 nitrogen and oxygen atoms in total. The van der Waals surface area contributed by atoms with E-state index in [4.69, 9.17) is 0 Å². The Labute approximate surface area is 269 Å². The predicted octanol–water partition coefficient (Wildman–Crippen LogP) is 12.7. The highest BCUT2D eigenvalue weighted by Gasteiger charge is 2.16. The quantitative estimate of drug-likeness (QED) is 0.0607. The number of hydrogen-bond acceptors (Lipinski definition) is 0. The molecule has 0 saturated carbocycles. The molecular weight excluding hydrogens is 520 g/mol. The van der Waals surface area contributed by atoms with Gasteiger partial charge in [-0.2, -0.15) is 0 Å². The molecule has 0 aliphatic carbocycles. The standard InChI is InChI=1S/C41H73N2/c1-3-5-7-9-11-13-15-16-17-18-20-22-24-29-35-41-42(36-30-25-23-21-19-14-12-10-8-6-4-2)38-39-43(41)37-31-34-40-32-27-26-28-33-40/h26-28,32-33,38-39H,3-25,29-31,34-37H2,1-2H3/q+1. The third-order valence-electron chi connectivity index (χ3n) is 9.55. The van der Waals surface area contributed by atoms with Crippen LogP contribution in [0.2, 0.25) is 0 Å². The molecule has 0 fully saturated rings. The maximum atomic E-state index is 2.61. The van der Waals surface area contributed by atoms with E-state index in [9.17, 15) is 0 Å². The maximum Gasteiger partial charge on any atom is 0.256 e. The van der Waals surface area contributed by atoms with Crippen molar-refractivity contribution in [3.63, 3.8) is 0 Å². The van der Waals surface area contributed by atoms with E-state index >= 15 is 0 Å². The number of aromatic nitrogens is 2. The molecule has 0 aliphatic heterocycles. The molecule has 1 heterocycles. The first-order valence-corrected chi connectivity index (χ1v) is 19.5. The smallest absolute Gasteiger partial charge is 0.234 e. The summed E-state index contributed by atoms with van der Waals surface area (Å²) in [5, 5.41) is 0. The van der Waals surface area contributed by atoms with Crippen molar-refractivity contribution >= 4 is 0 Å². The summed E-state index contributed by atoms with van der Waals surface area (Å²) in [7, 11) is 0. The minimum Gasteiger partial charge on any atom is -0.234 e. The number of benzene rings is 1. The van der Waals surface area contributed by atoms with Crippen LogP contribution in [-0.2, 0) is 25.9 Å². The Hall–Kier alpha value is -1.57. The lowest BCUT2D eigenvalue weighted by Gasteiger charge is -2.07. The number of nitrogens with zero attached hydrogens (tertiary/aromatic N) is 2. The van der Waals surface area contributed by atoms with E-state index in [2.05, 4.69) is 65.7 Å². The normalized spacial score (nSPS) is 11.5. The molecular formula is C41H73N2+. The van der Waals surface area contributed by atoms with Gasteiger partial charge in [-0.25, -0.2) is 9.13 Å². The second kappa shape index (κ2) is 27.9. The second-order valence-corrected chi connectivity index (χ2v) is 13.6. The first kappa shape index (κ1) is 37.6. The summed E-state index contributed by atoms with van der Waals surface area (Å²) in [6, 6.07) is 11.0. The van der Waals surface area contributed by atoms with E-state index in [1.165, 1.54) is 192 Å². The van der Waals surface area contributed by atoms with Crippen LogP contribution in [0.3, 0.4) is 0 Å². The summed E-state index contributed by atoms with van der Waals surface area (Å²) in [5.41, 5.74) is 1.47. The Kier molecular flexibility index (Phi) is 24.4. The summed E-state index contributed by atoms with van der Waals surface area (Å²) < 4.78 is 5.20. The molecule has 2 aromatic rings. The van der Waals surface area contributed by atoms with Gasteiger partial charge in [0.2, 0.25) is 0 Å². The number of imidazole rings is 1. The van der Waals surface area contributed by atoms with Crippen LogP contribution < -0.4 is 4.57 Å². The lowest BCUT2D eigenvalue weighted by molar-refractivity contribution is -0.704. The molecule has 2 rings (SSSR count). The summed E-state index contributed by atoms with van der Waals surface area (Å²) >= 11 is 0. The highest BCUT2D eigenvalue weighted by molar-refractivity contribution is 5.14. The molecule has 0 spiro atoms. The third kappa shape index (κ3) is 20.2. The molecule has 0 bridgehead atoms. The van der Waals surface area contributed by atoms with Gasteiger partial charge < -0.3 is 0 Å². The minimum absolute atomic E-state index is 1.15. The zero-order chi connectivity index (χ0) is 30.5. The number of unbranched alkanes of at least 4 members (excludes halogenated alkanes) is 23. The van der Waals surface area contributed by atoms with Gasteiger partial charge in [0, 0.05) is 6.42 Å². The Bertz CT molecular complexity index is 839. The molecule has 1 aromatic carbocycles. The van der Waals surface area contributed by atoms with E-state index in [1.54, 1.807) is 5.82 Å². The van der Waals surface area contributed by atoms with Crippen LogP contribution in [0.1, 0.15) is 192 Å². The lowest BCUT2D eigenvalue weighted by atomic mass is 10.0. The third-order valence-corrected chi connectivity index (χ3v) is 9.55. The summed E-state index contributed by atoms with van der Waals surface area (Å²) in [4.78, 5) is 0. The van der Waals surface area contributed by atoms with Crippen molar-refractivity contribution in [2.75, 3.05) is 0 Å². The molecule has 0 unspecified atom stereocenters. The molecule has 0 aliphatic rings. The van der Waals surface area contributed by atoms with Crippen LogP contribution in [0, 0.1) is 0 Å². The van der Waals surface area contributed by atoms with Gasteiger partial charge in [-0.05, 0) is 37.7 Å². The zero-order valence-electron chi connectivity index (χ0n) is 29.1. The SMILES string of the molecule is CCCCCCCCCCCCCCCCc1n(CCCCCCCCCCCCC)cc[n+]1CCCc1ccccc1. The lowest BCUT2D eigenvalue weighted by Crippen LogP contribution is -2.37. The van der Waals surface area contributed by atoms with E-state index < -0.39 is 0 Å². The van der Waals surface area contributed by atoms with Crippen LogP contribution in [0.15, 0.2) is 42.7 Å². The zero-order valence-corrected chi connectivity index (χ0v) is 29.1. The maximum absolute atomic E-state index is 2.61. The van der Waals surface area contributed by atoms with E-state index in [1.807, 2.05) is 0 Å². The summed E-state index contributed by atoms with van der Waals surface area (Å²) in [6.07, 6.45) is 44.1. The Morgan fingerprint density at radius 1 is 0.465 bits per heavy atom. The molecule has 0 amide bonds. The highest BCUT2D eigenvalue weighted by Crippen LogP contribution is 2.15. The molecule has 0 atom stereocenters. The van der Waals surface area contributed by atoms with Crippen LogP contribution in [0.4, 0.5) is 0 Å². The van der Waals surface area contributed by atoms with Crippen molar-refractivity contribution in [3.05, 3.63) is 54.1 Å². The van der Waals surface area contributed by atoms with Gasteiger partial charge in [0.25, 0.3) is 5.82 Å².